The Hall–Kier alpha value is -2.41. The minimum absolute atomic E-state index is 0.0775. The van der Waals surface area contributed by atoms with Crippen LogP contribution >= 0.6 is 11.3 Å². The molecule has 2 aromatic heterocycles. The number of non-ortho nitro benzene ring substituents is 1. The van der Waals surface area contributed by atoms with Gasteiger partial charge < -0.3 is 9.73 Å². The Kier molecular flexibility index (Phi) is 2.88. The van der Waals surface area contributed by atoms with Gasteiger partial charge in [-0.15, -0.1) is 0 Å². The van der Waals surface area contributed by atoms with Crippen molar-refractivity contribution in [2.24, 2.45) is 0 Å². The number of nitrogens with one attached hydrogen (secondary N) is 1. The smallest absolute Gasteiger partial charge is 0.270 e. The zero-order valence-electron chi connectivity index (χ0n) is 9.70. The second-order valence-corrected chi connectivity index (χ2v) is 4.89. The van der Waals surface area contributed by atoms with E-state index < -0.39 is 4.92 Å². The minimum atomic E-state index is -0.408. The highest BCUT2D eigenvalue weighted by Crippen LogP contribution is 2.29. The van der Waals surface area contributed by atoms with Crippen LogP contribution in [0.15, 0.2) is 41.0 Å². The van der Waals surface area contributed by atoms with Gasteiger partial charge in [-0.25, -0.2) is 4.98 Å². The van der Waals surface area contributed by atoms with E-state index in [0.29, 0.717) is 11.7 Å². The number of hydrogen-bond donors (Lipinski definition) is 1. The molecule has 0 amide bonds. The molecule has 2 heterocycles. The van der Waals surface area contributed by atoms with Crippen molar-refractivity contribution in [3.05, 3.63) is 52.5 Å². The first-order valence-electron chi connectivity index (χ1n) is 5.53. The van der Waals surface area contributed by atoms with Crippen LogP contribution < -0.4 is 5.32 Å². The number of hydrogen-bond acceptors (Lipinski definition) is 6. The topological polar surface area (TPSA) is 81.2 Å². The number of fused-ring (bicyclic) bond motifs is 1. The first-order valence-corrected chi connectivity index (χ1v) is 6.35. The van der Waals surface area contributed by atoms with E-state index in [0.717, 1.165) is 16.0 Å². The van der Waals surface area contributed by atoms with Crippen LogP contribution in [0.3, 0.4) is 0 Å². The summed E-state index contributed by atoms with van der Waals surface area (Å²) in [5, 5.41) is 14.5. The maximum Gasteiger partial charge on any atom is 0.270 e. The second-order valence-electron chi connectivity index (χ2n) is 3.86. The van der Waals surface area contributed by atoms with Crippen LogP contribution in [-0.4, -0.2) is 9.91 Å². The van der Waals surface area contributed by atoms with Crippen LogP contribution in [-0.2, 0) is 6.54 Å². The fourth-order valence-electron chi connectivity index (χ4n) is 1.68. The molecule has 0 aliphatic rings. The molecule has 6 nitrogen and oxygen atoms in total. The molecular formula is C12H9N3O3S. The van der Waals surface area contributed by atoms with Crippen LogP contribution in [0.25, 0.3) is 10.2 Å². The van der Waals surface area contributed by atoms with E-state index in [1.807, 2.05) is 12.1 Å². The molecule has 96 valence electrons. The molecule has 19 heavy (non-hydrogen) atoms. The normalized spacial score (nSPS) is 10.7. The maximum absolute atomic E-state index is 10.7. The lowest BCUT2D eigenvalue weighted by atomic mass is 10.3. The maximum atomic E-state index is 10.7. The lowest BCUT2D eigenvalue weighted by Crippen LogP contribution is -1.96. The molecule has 1 aromatic carbocycles. The van der Waals surface area contributed by atoms with E-state index in [2.05, 4.69) is 10.3 Å². The van der Waals surface area contributed by atoms with Crippen LogP contribution in [0.5, 0.6) is 0 Å². The Bertz CT molecular complexity index is 721. The predicted molar refractivity (Wildman–Crippen MR) is 72.3 cm³/mol. The average Bonchev–Trinajstić information content (AvgIpc) is 3.04. The molecule has 0 radical (unpaired) electrons. The molecule has 0 aliphatic heterocycles. The fourth-order valence-corrected chi connectivity index (χ4v) is 2.57. The van der Waals surface area contributed by atoms with Crippen LogP contribution in [0.4, 0.5) is 10.8 Å². The highest BCUT2D eigenvalue weighted by atomic mass is 32.1. The third-order valence-electron chi connectivity index (χ3n) is 2.58. The van der Waals surface area contributed by atoms with Crippen molar-refractivity contribution >= 4 is 32.4 Å². The van der Waals surface area contributed by atoms with Crippen molar-refractivity contribution in [2.75, 3.05) is 5.32 Å². The number of furan rings is 1. The Labute approximate surface area is 111 Å². The third-order valence-corrected chi connectivity index (χ3v) is 3.55. The van der Waals surface area contributed by atoms with Gasteiger partial charge in [-0.3, -0.25) is 10.1 Å². The molecule has 3 rings (SSSR count). The average molecular weight is 275 g/mol. The summed E-state index contributed by atoms with van der Waals surface area (Å²) in [4.78, 5) is 14.6. The van der Waals surface area contributed by atoms with Gasteiger partial charge in [0.15, 0.2) is 5.13 Å². The van der Waals surface area contributed by atoms with Crippen molar-refractivity contribution in [1.29, 1.82) is 0 Å². The second kappa shape index (κ2) is 4.69. The lowest BCUT2D eigenvalue weighted by molar-refractivity contribution is -0.384. The summed E-state index contributed by atoms with van der Waals surface area (Å²) < 4.78 is 5.99. The molecule has 0 atom stereocenters. The molecular weight excluding hydrogens is 266 g/mol. The van der Waals surface area contributed by atoms with E-state index in [4.69, 9.17) is 4.42 Å². The first-order chi connectivity index (χ1) is 9.22. The molecule has 0 unspecified atom stereocenters. The number of nitro groups is 1. The molecule has 0 saturated heterocycles. The zero-order valence-corrected chi connectivity index (χ0v) is 10.5. The summed E-state index contributed by atoms with van der Waals surface area (Å²) in [7, 11) is 0. The summed E-state index contributed by atoms with van der Waals surface area (Å²) >= 11 is 1.38. The minimum Gasteiger partial charge on any atom is -0.467 e. The highest BCUT2D eigenvalue weighted by Gasteiger charge is 2.10. The van der Waals surface area contributed by atoms with Crippen LogP contribution in [0.2, 0.25) is 0 Å². The Morgan fingerprint density at radius 1 is 1.42 bits per heavy atom. The summed E-state index contributed by atoms with van der Waals surface area (Å²) in [6.07, 6.45) is 1.61. The van der Waals surface area contributed by atoms with Crippen molar-refractivity contribution in [3.8, 4) is 0 Å². The van der Waals surface area contributed by atoms with Gasteiger partial charge in [-0.1, -0.05) is 11.3 Å². The van der Waals surface area contributed by atoms with Gasteiger partial charge in [-0.05, 0) is 18.2 Å². The number of nitro benzene ring substituents is 1. The lowest BCUT2D eigenvalue weighted by Gasteiger charge is -1.97. The van der Waals surface area contributed by atoms with Crippen molar-refractivity contribution in [2.45, 2.75) is 6.54 Å². The summed E-state index contributed by atoms with van der Waals surface area (Å²) in [5.41, 5.74) is 0.825. The van der Waals surface area contributed by atoms with E-state index in [1.54, 1.807) is 12.3 Å². The summed E-state index contributed by atoms with van der Waals surface area (Å²) in [5.74, 6) is 0.810. The van der Waals surface area contributed by atoms with Crippen molar-refractivity contribution in [1.82, 2.24) is 4.98 Å². The highest BCUT2D eigenvalue weighted by molar-refractivity contribution is 7.22. The summed E-state index contributed by atoms with van der Waals surface area (Å²) in [6, 6.07) is 8.33. The molecule has 7 heteroatoms. The number of thiazole rings is 1. The van der Waals surface area contributed by atoms with Gasteiger partial charge in [-0.2, -0.15) is 0 Å². The summed E-state index contributed by atoms with van der Waals surface area (Å²) in [6.45, 7) is 0.537. The number of nitrogens with zero attached hydrogens (tertiary/aromatic N) is 2. The standard InChI is InChI=1S/C12H9N3O3S/c16-15(17)8-3-4-10-11(6-8)19-12(14-10)13-7-9-2-1-5-18-9/h1-6H,7H2,(H,13,14). The molecule has 1 N–H and O–H groups in total. The quantitative estimate of drug-likeness (QED) is 0.583. The molecule has 0 spiro atoms. The Balaban J connectivity index is 1.83. The fraction of sp³-hybridized carbons (Fsp3) is 0.0833. The van der Waals surface area contributed by atoms with E-state index >= 15 is 0 Å². The van der Waals surface area contributed by atoms with E-state index in [-0.39, 0.29) is 5.69 Å². The van der Waals surface area contributed by atoms with Gasteiger partial charge in [0, 0.05) is 12.1 Å². The number of aromatic nitrogens is 1. The van der Waals surface area contributed by atoms with Gasteiger partial charge in [0.2, 0.25) is 0 Å². The van der Waals surface area contributed by atoms with Crippen LogP contribution in [0.1, 0.15) is 5.76 Å². The molecule has 0 fully saturated rings. The molecule has 0 saturated carbocycles. The molecule has 3 aromatic rings. The van der Waals surface area contributed by atoms with E-state index in [1.165, 1.54) is 23.5 Å². The molecule has 0 aliphatic carbocycles. The van der Waals surface area contributed by atoms with Gasteiger partial charge in [0.1, 0.15) is 5.76 Å². The van der Waals surface area contributed by atoms with Crippen molar-refractivity contribution in [3.63, 3.8) is 0 Å². The van der Waals surface area contributed by atoms with Crippen molar-refractivity contribution < 1.29 is 9.34 Å². The number of benzene rings is 1. The monoisotopic (exact) mass is 275 g/mol. The Morgan fingerprint density at radius 3 is 3.05 bits per heavy atom. The van der Waals surface area contributed by atoms with Gasteiger partial charge in [0.05, 0.1) is 27.9 Å². The largest absolute Gasteiger partial charge is 0.467 e. The van der Waals surface area contributed by atoms with Crippen LogP contribution in [0, 0.1) is 10.1 Å². The van der Waals surface area contributed by atoms with Gasteiger partial charge in [0.25, 0.3) is 5.69 Å². The SMILES string of the molecule is O=[N+]([O-])c1ccc2nc(NCc3ccco3)sc2c1. The molecule has 0 bridgehead atoms. The number of anilines is 1. The van der Waals surface area contributed by atoms with E-state index in [9.17, 15) is 10.1 Å². The van der Waals surface area contributed by atoms with Gasteiger partial charge >= 0.3 is 0 Å². The Morgan fingerprint density at radius 2 is 2.32 bits per heavy atom. The predicted octanol–water partition coefficient (Wildman–Crippen LogP) is 3.41. The number of rotatable bonds is 4. The third kappa shape index (κ3) is 2.41. The first kappa shape index (κ1) is 11.7. The zero-order chi connectivity index (χ0) is 13.2.